The molecule has 20 heavy (non-hydrogen) atoms. The lowest BCUT2D eigenvalue weighted by Crippen LogP contribution is -2.34. The molecule has 1 aromatic rings. The average Bonchev–Trinajstić information content (AvgIpc) is 2.96. The van der Waals surface area contributed by atoms with Gasteiger partial charge in [0, 0.05) is 39.4 Å². The fraction of sp³-hybridized carbons (Fsp3) is 0.812. The van der Waals surface area contributed by atoms with Crippen molar-refractivity contribution >= 4 is 0 Å². The first kappa shape index (κ1) is 14.1. The van der Waals surface area contributed by atoms with Gasteiger partial charge in [0.2, 0.25) is 0 Å². The van der Waals surface area contributed by atoms with Gasteiger partial charge in [-0.15, -0.1) is 0 Å². The predicted molar refractivity (Wildman–Crippen MR) is 81.4 cm³/mol. The molecule has 2 aliphatic rings. The van der Waals surface area contributed by atoms with Gasteiger partial charge in [0.05, 0.1) is 5.69 Å². The van der Waals surface area contributed by atoms with Crippen molar-refractivity contribution in [3.05, 3.63) is 18.0 Å². The van der Waals surface area contributed by atoms with E-state index in [0.29, 0.717) is 0 Å². The predicted octanol–water partition coefficient (Wildman–Crippen LogP) is 1.83. The van der Waals surface area contributed by atoms with Gasteiger partial charge in [0.25, 0.3) is 0 Å². The number of aromatic nitrogens is 2. The standard InChI is InChI=1S/C16H28N4/c1-18(2)9-13-5-4-6-14-10-20(12-16(13)14)11-15-7-8-19(3)17-15/h7-8,13-14,16H,4-6,9-12H2,1-3H3/t13-,14+,16-/m0/s1. The summed E-state index contributed by atoms with van der Waals surface area (Å²) in [5.41, 5.74) is 1.22. The number of aryl methyl sites for hydroxylation is 1. The van der Waals surface area contributed by atoms with Crippen molar-refractivity contribution in [3.63, 3.8) is 0 Å². The van der Waals surface area contributed by atoms with Gasteiger partial charge in [-0.05, 0) is 50.8 Å². The maximum Gasteiger partial charge on any atom is 0.0764 e. The highest BCUT2D eigenvalue weighted by Crippen LogP contribution is 2.40. The Bertz CT molecular complexity index is 439. The third-order valence-electron chi connectivity index (χ3n) is 5.08. The first-order valence-electron chi connectivity index (χ1n) is 7.97. The van der Waals surface area contributed by atoms with E-state index in [0.717, 1.165) is 24.3 Å². The van der Waals surface area contributed by atoms with Gasteiger partial charge in [-0.1, -0.05) is 6.42 Å². The van der Waals surface area contributed by atoms with E-state index in [1.807, 2.05) is 17.9 Å². The molecule has 1 saturated heterocycles. The van der Waals surface area contributed by atoms with Crippen molar-refractivity contribution in [1.29, 1.82) is 0 Å². The Balaban J connectivity index is 1.61. The Morgan fingerprint density at radius 1 is 1.30 bits per heavy atom. The molecule has 0 bridgehead atoms. The molecule has 2 fully saturated rings. The van der Waals surface area contributed by atoms with Crippen molar-refractivity contribution in [2.24, 2.45) is 24.8 Å². The minimum atomic E-state index is 0.900. The summed E-state index contributed by atoms with van der Waals surface area (Å²) in [7, 11) is 6.43. The van der Waals surface area contributed by atoms with Gasteiger partial charge in [-0.25, -0.2) is 0 Å². The molecule has 0 amide bonds. The number of hydrogen-bond donors (Lipinski definition) is 0. The monoisotopic (exact) mass is 276 g/mol. The van der Waals surface area contributed by atoms with Gasteiger partial charge < -0.3 is 4.90 Å². The SMILES string of the molecule is CN(C)C[C@@H]1CCC[C@@H]2CN(Cc3ccn(C)n3)C[C@H]21. The molecule has 1 aromatic heterocycles. The van der Waals surface area contributed by atoms with Crippen LogP contribution in [0.2, 0.25) is 0 Å². The van der Waals surface area contributed by atoms with Crippen LogP contribution in [0.5, 0.6) is 0 Å². The molecule has 4 heteroatoms. The molecule has 0 N–H and O–H groups in total. The van der Waals surface area contributed by atoms with Crippen LogP contribution in [0.15, 0.2) is 12.3 Å². The summed E-state index contributed by atoms with van der Waals surface area (Å²) < 4.78 is 1.91. The molecule has 0 unspecified atom stereocenters. The molecular formula is C16H28N4. The van der Waals surface area contributed by atoms with E-state index >= 15 is 0 Å². The van der Waals surface area contributed by atoms with Gasteiger partial charge in [0.15, 0.2) is 0 Å². The highest BCUT2D eigenvalue weighted by Gasteiger charge is 2.40. The summed E-state index contributed by atoms with van der Waals surface area (Å²) in [6.45, 7) is 4.85. The van der Waals surface area contributed by atoms with Gasteiger partial charge in [0.1, 0.15) is 0 Å². The first-order chi connectivity index (χ1) is 9.61. The van der Waals surface area contributed by atoms with Crippen LogP contribution in [0.4, 0.5) is 0 Å². The van der Waals surface area contributed by atoms with E-state index < -0.39 is 0 Å². The van der Waals surface area contributed by atoms with Crippen LogP contribution in [0.3, 0.4) is 0 Å². The number of likely N-dealkylation sites (tertiary alicyclic amines) is 1. The first-order valence-corrected chi connectivity index (χ1v) is 7.97. The number of fused-ring (bicyclic) bond motifs is 1. The van der Waals surface area contributed by atoms with Crippen molar-refractivity contribution in [2.75, 3.05) is 33.7 Å². The Morgan fingerprint density at radius 3 is 2.85 bits per heavy atom. The zero-order valence-corrected chi connectivity index (χ0v) is 13.1. The highest BCUT2D eigenvalue weighted by atomic mass is 15.3. The van der Waals surface area contributed by atoms with Gasteiger partial charge >= 0.3 is 0 Å². The summed E-state index contributed by atoms with van der Waals surface area (Å²) in [6, 6.07) is 2.15. The summed E-state index contributed by atoms with van der Waals surface area (Å²) in [4.78, 5) is 5.00. The molecule has 0 spiro atoms. The van der Waals surface area contributed by atoms with E-state index in [4.69, 9.17) is 0 Å². The quantitative estimate of drug-likeness (QED) is 0.838. The molecule has 3 rings (SSSR count). The van der Waals surface area contributed by atoms with E-state index in [-0.39, 0.29) is 0 Å². The molecule has 4 nitrogen and oxygen atoms in total. The van der Waals surface area contributed by atoms with Crippen molar-refractivity contribution in [2.45, 2.75) is 25.8 Å². The second-order valence-corrected chi connectivity index (χ2v) is 7.05. The highest BCUT2D eigenvalue weighted by molar-refractivity contribution is 5.01. The zero-order valence-electron chi connectivity index (χ0n) is 13.1. The largest absolute Gasteiger partial charge is 0.309 e. The molecule has 2 heterocycles. The number of hydrogen-bond acceptors (Lipinski definition) is 3. The Hall–Kier alpha value is -0.870. The van der Waals surface area contributed by atoms with E-state index in [1.54, 1.807) is 0 Å². The molecule has 1 aliphatic heterocycles. The van der Waals surface area contributed by atoms with Crippen LogP contribution in [0, 0.1) is 17.8 Å². The third-order valence-corrected chi connectivity index (χ3v) is 5.08. The summed E-state index contributed by atoms with van der Waals surface area (Å²) in [5.74, 6) is 2.74. The van der Waals surface area contributed by atoms with Crippen molar-refractivity contribution in [1.82, 2.24) is 19.6 Å². The van der Waals surface area contributed by atoms with Crippen LogP contribution in [-0.2, 0) is 13.6 Å². The summed E-state index contributed by atoms with van der Waals surface area (Å²) >= 11 is 0. The molecule has 112 valence electrons. The smallest absolute Gasteiger partial charge is 0.0764 e. The Kier molecular flexibility index (Phi) is 4.13. The number of rotatable bonds is 4. The minimum Gasteiger partial charge on any atom is -0.309 e. The van der Waals surface area contributed by atoms with Gasteiger partial charge in [-0.3, -0.25) is 9.58 Å². The molecule has 0 radical (unpaired) electrons. The van der Waals surface area contributed by atoms with Crippen LogP contribution >= 0.6 is 0 Å². The third kappa shape index (κ3) is 3.07. The van der Waals surface area contributed by atoms with Crippen molar-refractivity contribution < 1.29 is 0 Å². The maximum absolute atomic E-state index is 4.53. The Labute approximate surface area is 122 Å². The lowest BCUT2D eigenvalue weighted by atomic mass is 9.74. The van der Waals surface area contributed by atoms with Crippen LogP contribution in [0.1, 0.15) is 25.0 Å². The van der Waals surface area contributed by atoms with Crippen LogP contribution in [-0.4, -0.2) is 53.3 Å². The van der Waals surface area contributed by atoms with Crippen molar-refractivity contribution in [3.8, 4) is 0 Å². The van der Waals surface area contributed by atoms with E-state index in [2.05, 4.69) is 35.1 Å². The zero-order chi connectivity index (χ0) is 14.1. The second-order valence-electron chi connectivity index (χ2n) is 7.05. The fourth-order valence-corrected chi connectivity index (χ4v) is 4.29. The normalized spacial score (nSPS) is 30.9. The molecule has 0 aromatic carbocycles. The molecule has 1 aliphatic carbocycles. The minimum absolute atomic E-state index is 0.900. The van der Waals surface area contributed by atoms with E-state index in [1.165, 1.54) is 44.6 Å². The lowest BCUT2D eigenvalue weighted by Gasteiger charge is -2.34. The topological polar surface area (TPSA) is 24.3 Å². The average molecular weight is 276 g/mol. The maximum atomic E-state index is 4.53. The van der Waals surface area contributed by atoms with Crippen LogP contribution < -0.4 is 0 Å². The molecular weight excluding hydrogens is 248 g/mol. The fourth-order valence-electron chi connectivity index (χ4n) is 4.29. The summed E-state index contributed by atoms with van der Waals surface area (Å²) in [5, 5.41) is 4.53. The molecule has 3 atom stereocenters. The summed E-state index contributed by atoms with van der Waals surface area (Å²) in [6.07, 6.45) is 6.34. The number of nitrogens with zero attached hydrogens (tertiary/aromatic N) is 4. The lowest BCUT2D eigenvalue weighted by molar-refractivity contribution is 0.158. The van der Waals surface area contributed by atoms with Gasteiger partial charge in [-0.2, -0.15) is 5.10 Å². The second kappa shape index (κ2) is 5.86. The Morgan fingerprint density at radius 2 is 2.15 bits per heavy atom. The van der Waals surface area contributed by atoms with E-state index in [9.17, 15) is 0 Å². The van der Waals surface area contributed by atoms with Crippen LogP contribution in [0.25, 0.3) is 0 Å². The molecule has 1 saturated carbocycles.